The fourth-order valence-electron chi connectivity index (χ4n) is 4.18. The van der Waals surface area contributed by atoms with Gasteiger partial charge in [0.25, 0.3) is 5.91 Å². The zero-order chi connectivity index (χ0) is 24.5. The molecule has 4 aromatic rings. The molecule has 0 saturated carbocycles. The van der Waals surface area contributed by atoms with Gasteiger partial charge in [-0.05, 0) is 57.1 Å². The molecule has 1 aliphatic rings. The lowest BCUT2D eigenvalue weighted by atomic mass is 10.1. The molecule has 0 aliphatic carbocycles. The Balaban J connectivity index is 1.42. The number of rotatable bonds is 7. The Bertz CT molecular complexity index is 1380. The summed E-state index contributed by atoms with van der Waals surface area (Å²) in [5.41, 5.74) is 8.06. The highest BCUT2D eigenvalue weighted by Gasteiger charge is 2.23. The highest BCUT2D eigenvalue weighted by atomic mass is 35.5. The highest BCUT2D eigenvalue weighted by molar-refractivity contribution is 7.16. The van der Waals surface area contributed by atoms with E-state index >= 15 is 0 Å². The number of thiophene rings is 1. The summed E-state index contributed by atoms with van der Waals surface area (Å²) in [6.07, 6.45) is 3.23. The summed E-state index contributed by atoms with van der Waals surface area (Å²) in [5.74, 6) is 0.461. The van der Waals surface area contributed by atoms with Gasteiger partial charge in [0, 0.05) is 16.7 Å². The van der Waals surface area contributed by atoms with Crippen LogP contribution in [0.2, 0.25) is 10.0 Å². The maximum Gasteiger partial charge on any atom is 0.262 e. The van der Waals surface area contributed by atoms with Gasteiger partial charge in [-0.2, -0.15) is 0 Å². The van der Waals surface area contributed by atoms with Crippen LogP contribution in [0, 0.1) is 0 Å². The summed E-state index contributed by atoms with van der Waals surface area (Å²) < 4.78 is 14.3. The van der Waals surface area contributed by atoms with Gasteiger partial charge in [0.2, 0.25) is 0 Å². The van der Waals surface area contributed by atoms with Crippen LogP contribution < -0.4 is 20.5 Å². The topological polar surface area (TPSA) is 91.4 Å². The summed E-state index contributed by atoms with van der Waals surface area (Å²) in [4.78, 5) is 17.0. The number of ether oxygens (including phenoxy) is 2. The number of nitrogens with two attached hydrogens (primary N) is 1. The van der Waals surface area contributed by atoms with E-state index in [1.54, 1.807) is 24.5 Å². The summed E-state index contributed by atoms with van der Waals surface area (Å²) in [6, 6.07) is 12.9. The number of amides is 1. The Morgan fingerprint density at radius 1 is 1.20 bits per heavy atom. The SMILES string of the molecule is C[C@@H](Oc1cc(-n2cnc3cc(Cl)ccc32)sc1C(N)=O)c1cccc(OC2CCNCC2)c1Cl. The smallest absolute Gasteiger partial charge is 0.262 e. The number of fused-ring (bicyclic) bond motifs is 1. The van der Waals surface area contributed by atoms with Crippen molar-refractivity contribution in [1.29, 1.82) is 0 Å². The normalized spacial score (nSPS) is 15.3. The molecule has 2 aromatic carbocycles. The number of carbonyl (C=O) groups excluding carboxylic acids is 1. The summed E-state index contributed by atoms with van der Waals surface area (Å²) in [5, 5.41) is 5.19. The third-order valence-corrected chi connectivity index (χ3v) is 7.74. The molecular formula is C25H24Cl2N4O3S. The fraction of sp³-hybridized carbons (Fsp3) is 0.280. The first-order chi connectivity index (χ1) is 16.9. The minimum Gasteiger partial charge on any atom is -0.489 e. The zero-order valence-corrected chi connectivity index (χ0v) is 21.3. The predicted molar refractivity (Wildman–Crippen MR) is 139 cm³/mol. The van der Waals surface area contributed by atoms with Crippen LogP contribution in [0.25, 0.3) is 16.0 Å². The second kappa shape index (κ2) is 10.1. The third kappa shape index (κ3) is 4.97. The van der Waals surface area contributed by atoms with Gasteiger partial charge < -0.3 is 20.5 Å². The van der Waals surface area contributed by atoms with Crippen LogP contribution in [0.3, 0.4) is 0 Å². The van der Waals surface area contributed by atoms with Crippen LogP contribution in [-0.2, 0) is 0 Å². The van der Waals surface area contributed by atoms with E-state index in [4.69, 9.17) is 38.4 Å². The number of benzene rings is 2. The van der Waals surface area contributed by atoms with Crippen LogP contribution in [0.15, 0.2) is 48.8 Å². The highest BCUT2D eigenvalue weighted by Crippen LogP contribution is 2.39. The number of nitrogens with zero attached hydrogens (tertiary/aromatic N) is 2. The van der Waals surface area contributed by atoms with Gasteiger partial charge >= 0.3 is 0 Å². The molecule has 3 N–H and O–H groups in total. The van der Waals surface area contributed by atoms with Crippen molar-refractivity contribution in [3.05, 3.63) is 69.3 Å². The third-order valence-electron chi connectivity index (χ3n) is 5.97. The molecule has 1 atom stereocenters. The van der Waals surface area contributed by atoms with Gasteiger partial charge in [0.05, 0.1) is 16.1 Å². The first-order valence-electron chi connectivity index (χ1n) is 11.3. The Morgan fingerprint density at radius 2 is 2.00 bits per heavy atom. The van der Waals surface area contributed by atoms with Crippen molar-refractivity contribution in [3.8, 4) is 16.5 Å². The van der Waals surface area contributed by atoms with E-state index in [0.717, 1.165) is 47.5 Å². The number of aromatic nitrogens is 2. The van der Waals surface area contributed by atoms with Crippen molar-refractivity contribution >= 4 is 51.5 Å². The Labute approximate surface area is 216 Å². The molecule has 2 aromatic heterocycles. The minimum absolute atomic E-state index is 0.126. The van der Waals surface area contributed by atoms with Crippen molar-refractivity contribution < 1.29 is 14.3 Å². The van der Waals surface area contributed by atoms with Crippen molar-refractivity contribution in [1.82, 2.24) is 14.9 Å². The lowest BCUT2D eigenvalue weighted by Gasteiger charge is -2.25. The predicted octanol–water partition coefficient (Wildman–Crippen LogP) is 5.76. The molecule has 1 amide bonds. The van der Waals surface area contributed by atoms with E-state index in [0.29, 0.717) is 26.4 Å². The number of halogens is 2. The first kappa shape index (κ1) is 23.9. The number of nitrogens with one attached hydrogen (secondary N) is 1. The van der Waals surface area contributed by atoms with E-state index in [-0.39, 0.29) is 6.10 Å². The van der Waals surface area contributed by atoms with E-state index in [2.05, 4.69) is 10.3 Å². The standard InChI is InChI=1S/C25H24Cl2N4O3S/c1-14(17-3-2-4-20(23(17)27)34-16-7-9-29-10-8-16)33-21-12-22(35-24(21)25(28)32)31-13-30-18-11-15(26)5-6-19(18)31/h2-6,11-14,16,29H,7-10H2,1H3,(H2,28,32)/t14-/m1/s1. The Morgan fingerprint density at radius 3 is 2.77 bits per heavy atom. The number of hydrogen-bond donors (Lipinski definition) is 2. The van der Waals surface area contributed by atoms with Crippen molar-refractivity contribution in [3.63, 3.8) is 0 Å². The van der Waals surface area contributed by atoms with Crippen LogP contribution in [0.1, 0.15) is 41.1 Å². The number of primary amides is 1. The fourth-order valence-corrected chi connectivity index (χ4v) is 5.60. The molecule has 7 nitrogen and oxygen atoms in total. The molecule has 1 aliphatic heterocycles. The summed E-state index contributed by atoms with van der Waals surface area (Å²) in [6.45, 7) is 3.74. The molecule has 0 radical (unpaired) electrons. The van der Waals surface area contributed by atoms with E-state index in [1.807, 2.05) is 35.8 Å². The lowest BCUT2D eigenvalue weighted by Crippen LogP contribution is -2.34. The molecule has 0 unspecified atom stereocenters. The van der Waals surface area contributed by atoms with E-state index < -0.39 is 12.0 Å². The minimum atomic E-state index is -0.565. The molecule has 3 heterocycles. The summed E-state index contributed by atoms with van der Waals surface area (Å²) in [7, 11) is 0. The number of imidazole rings is 1. The molecule has 5 rings (SSSR count). The molecule has 1 saturated heterocycles. The Hall–Kier alpha value is -2.78. The van der Waals surface area contributed by atoms with E-state index in [1.165, 1.54) is 11.3 Å². The number of hydrogen-bond acceptors (Lipinski definition) is 6. The maximum atomic E-state index is 12.2. The average Bonchev–Trinajstić information content (AvgIpc) is 3.45. The molecule has 0 bridgehead atoms. The van der Waals surface area contributed by atoms with Crippen LogP contribution in [0.4, 0.5) is 0 Å². The Kier molecular flexibility index (Phi) is 6.88. The molecule has 1 fully saturated rings. The molecule has 35 heavy (non-hydrogen) atoms. The average molecular weight is 531 g/mol. The van der Waals surface area contributed by atoms with Crippen LogP contribution in [-0.4, -0.2) is 34.7 Å². The molecule has 182 valence electrons. The largest absolute Gasteiger partial charge is 0.489 e. The number of piperidine rings is 1. The van der Waals surface area contributed by atoms with Gasteiger partial charge in [0.15, 0.2) is 0 Å². The van der Waals surface area contributed by atoms with Crippen LogP contribution >= 0.6 is 34.5 Å². The van der Waals surface area contributed by atoms with Gasteiger partial charge in [0.1, 0.15) is 39.9 Å². The molecule has 10 heteroatoms. The van der Waals surface area contributed by atoms with Crippen molar-refractivity contribution in [2.45, 2.75) is 32.0 Å². The number of carbonyl (C=O) groups is 1. The quantitative estimate of drug-likeness (QED) is 0.316. The summed E-state index contributed by atoms with van der Waals surface area (Å²) >= 11 is 14.1. The zero-order valence-electron chi connectivity index (χ0n) is 19.0. The second-order valence-electron chi connectivity index (χ2n) is 8.38. The monoisotopic (exact) mass is 530 g/mol. The first-order valence-corrected chi connectivity index (χ1v) is 12.9. The van der Waals surface area contributed by atoms with Crippen molar-refractivity contribution in [2.75, 3.05) is 13.1 Å². The van der Waals surface area contributed by atoms with Gasteiger partial charge in [-0.15, -0.1) is 11.3 Å². The second-order valence-corrected chi connectivity index (χ2v) is 10.2. The maximum absolute atomic E-state index is 12.2. The van der Waals surface area contributed by atoms with Crippen molar-refractivity contribution in [2.24, 2.45) is 5.73 Å². The van der Waals surface area contributed by atoms with E-state index in [9.17, 15) is 4.79 Å². The molecule has 0 spiro atoms. The lowest BCUT2D eigenvalue weighted by molar-refractivity contribution is 0.0998. The van der Waals surface area contributed by atoms with Gasteiger partial charge in [-0.1, -0.05) is 35.3 Å². The van der Waals surface area contributed by atoms with Crippen LogP contribution in [0.5, 0.6) is 11.5 Å². The van der Waals surface area contributed by atoms with Gasteiger partial charge in [-0.25, -0.2) is 4.98 Å². The van der Waals surface area contributed by atoms with Gasteiger partial charge in [-0.3, -0.25) is 9.36 Å². The molecular weight excluding hydrogens is 507 g/mol.